The summed E-state index contributed by atoms with van der Waals surface area (Å²) in [5, 5.41) is 16.5. The second-order valence-electron chi connectivity index (χ2n) is 8.48. The highest BCUT2D eigenvalue weighted by molar-refractivity contribution is 7.16. The van der Waals surface area contributed by atoms with Crippen molar-refractivity contribution in [1.29, 1.82) is 5.26 Å². The first kappa shape index (κ1) is 26.4. The van der Waals surface area contributed by atoms with Crippen molar-refractivity contribution in [3.63, 3.8) is 0 Å². The smallest absolute Gasteiger partial charge is 0.341 e. The van der Waals surface area contributed by atoms with Gasteiger partial charge in [0, 0.05) is 33.2 Å². The molecule has 38 heavy (non-hydrogen) atoms. The number of nitrogens with one attached hydrogen (secondary N) is 2. The normalized spacial score (nSPS) is 11.2. The van der Waals surface area contributed by atoms with Crippen molar-refractivity contribution >= 4 is 56.8 Å². The molecule has 0 saturated heterocycles. The molecule has 2 N–H and O–H groups in total. The third-order valence-corrected chi connectivity index (χ3v) is 7.07. The van der Waals surface area contributed by atoms with E-state index in [4.69, 9.17) is 4.74 Å². The highest BCUT2D eigenvalue weighted by atomic mass is 32.1. The van der Waals surface area contributed by atoms with Gasteiger partial charge in [0.1, 0.15) is 23.2 Å². The number of rotatable bonds is 8. The second kappa shape index (κ2) is 11.6. The molecule has 2 heterocycles. The SMILES string of the molecule is CCOC(=O)c1c(NC(=O)/C(C#N)=C/c2cn(CC(=O)Nc3ccccc3)c3ccccc23)sc(C)c1C. The van der Waals surface area contributed by atoms with Gasteiger partial charge in [-0.1, -0.05) is 36.4 Å². The maximum absolute atomic E-state index is 13.1. The Labute approximate surface area is 224 Å². The van der Waals surface area contributed by atoms with Crippen LogP contribution in [-0.2, 0) is 20.9 Å². The second-order valence-corrected chi connectivity index (χ2v) is 9.70. The molecule has 2 aromatic heterocycles. The first-order valence-corrected chi connectivity index (χ1v) is 12.8. The summed E-state index contributed by atoms with van der Waals surface area (Å²) in [6.07, 6.45) is 3.23. The summed E-state index contributed by atoms with van der Waals surface area (Å²) in [6.45, 7) is 5.61. The van der Waals surface area contributed by atoms with E-state index in [1.807, 2.05) is 67.6 Å². The lowest BCUT2D eigenvalue weighted by Crippen LogP contribution is -2.18. The van der Waals surface area contributed by atoms with Gasteiger partial charge in [-0.2, -0.15) is 5.26 Å². The number of nitrogens with zero attached hydrogens (tertiary/aromatic N) is 2. The number of hydrogen-bond acceptors (Lipinski definition) is 6. The van der Waals surface area contributed by atoms with Gasteiger partial charge in [0.15, 0.2) is 0 Å². The molecule has 0 spiro atoms. The van der Waals surface area contributed by atoms with Crippen LogP contribution in [0.2, 0.25) is 0 Å². The number of para-hydroxylation sites is 2. The monoisotopic (exact) mass is 526 g/mol. The molecule has 0 fully saturated rings. The van der Waals surface area contributed by atoms with E-state index >= 15 is 0 Å². The summed E-state index contributed by atoms with van der Waals surface area (Å²) >= 11 is 1.25. The van der Waals surface area contributed by atoms with Gasteiger partial charge in [-0.3, -0.25) is 9.59 Å². The van der Waals surface area contributed by atoms with Crippen LogP contribution in [0.1, 0.15) is 33.3 Å². The molecule has 0 saturated carbocycles. The van der Waals surface area contributed by atoms with Crippen molar-refractivity contribution in [1.82, 2.24) is 4.57 Å². The van der Waals surface area contributed by atoms with Crippen LogP contribution in [0.4, 0.5) is 10.7 Å². The van der Waals surface area contributed by atoms with Crippen LogP contribution >= 0.6 is 11.3 Å². The Kier molecular flexibility index (Phi) is 8.04. The highest BCUT2D eigenvalue weighted by Crippen LogP contribution is 2.33. The number of ether oxygens (including phenoxy) is 1. The zero-order valence-electron chi connectivity index (χ0n) is 21.2. The van der Waals surface area contributed by atoms with Crippen LogP contribution in [0.3, 0.4) is 0 Å². The van der Waals surface area contributed by atoms with Gasteiger partial charge in [-0.25, -0.2) is 4.79 Å². The fourth-order valence-electron chi connectivity index (χ4n) is 4.04. The standard InChI is InChI=1S/C29H26N4O4S/c1-4-37-29(36)26-18(2)19(3)38-28(26)32-27(35)20(15-30)14-21-16-33(24-13-9-8-12-23(21)24)17-25(34)31-22-10-6-5-7-11-22/h5-14,16H,4,17H2,1-3H3,(H,31,34)(H,32,35)/b20-14+. The fourth-order valence-corrected chi connectivity index (χ4v) is 5.08. The lowest BCUT2D eigenvalue weighted by Gasteiger charge is -2.07. The number of fused-ring (bicyclic) bond motifs is 1. The zero-order chi connectivity index (χ0) is 27.2. The van der Waals surface area contributed by atoms with Gasteiger partial charge in [-0.15, -0.1) is 11.3 Å². The largest absolute Gasteiger partial charge is 0.462 e. The Bertz CT molecular complexity index is 1590. The summed E-state index contributed by atoms with van der Waals surface area (Å²) in [6, 6.07) is 18.6. The Hall–Kier alpha value is -4.68. The molecule has 0 aliphatic heterocycles. The summed E-state index contributed by atoms with van der Waals surface area (Å²) in [4.78, 5) is 39.1. The summed E-state index contributed by atoms with van der Waals surface area (Å²) < 4.78 is 6.92. The molecule has 4 rings (SSSR count). The van der Waals surface area contributed by atoms with Gasteiger partial charge in [0.05, 0.1) is 12.2 Å². The molecule has 0 bridgehead atoms. The Morgan fingerprint density at radius 1 is 1.05 bits per heavy atom. The van der Waals surface area contributed by atoms with Crippen LogP contribution in [0.25, 0.3) is 17.0 Å². The number of carbonyl (C=O) groups is 3. The number of aromatic nitrogens is 1. The number of anilines is 2. The molecule has 9 heteroatoms. The number of carbonyl (C=O) groups excluding carboxylic acids is 3. The van der Waals surface area contributed by atoms with Gasteiger partial charge in [0.25, 0.3) is 5.91 Å². The lowest BCUT2D eigenvalue weighted by molar-refractivity contribution is -0.116. The number of esters is 1. The van der Waals surface area contributed by atoms with Crippen LogP contribution in [0, 0.1) is 25.2 Å². The molecule has 8 nitrogen and oxygen atoms in total. The average molecular weight is 527 g/mol. The minimum Gasteiger partial charge on any atom is -0.462 e. The van der Waals surface area contributed by atoms with E-state index in [0.717, 1.165) is 21.3 Å². The van der Waals surface area contributed by atoms with E-state index in [1.165, 1.54) is 17.4 Å². The van der Waals surface area contributed by atoms with E-state index < -0.39 is 11.9 Å². The minimum absolute atomic E-state index is 0.0496. The van der Waals surface area contributed by atoms with Gasteiger partial charge < -0.3 is 19.9 Å². The number of aryl methyl sites for hydroxylation is 1. The first-order chi connectivity index (χ1) is 18.3. The first-order valence-electron chi connectivity index (χ1n) is 11.9. The number of amides is 2. The van der Waals surface area contributed by atoms with Gasteiger partial charge >= 0.3 is 5.97 Å². The molecule has 2 amide bonds. The Morgan fingerprint density at radius 3 is 2.47 bits per heavy atom. The van der Waals surface area contributed by atoms with Crippen LogP contribution < -0.4 is 10.6 Å². The fraction of sp³-hybridized carbons (Fsp3) is 0.172. The lowest BCUT2D eigenvalue weighted by atomic mass is 10.1. The van der Waals surface area contributed by atoms with E-state index in [2.05, 4.69) is 10.6 Å². The Balaban J connectivity index is 1.62. The maximum Gasteiger partial charge on any atom is 0.341 e. The molecule has 0 radical (unpaired) electrons. The number of benzene rings is 2. The van der Waals surface area contributed by atoms with Crippen molar-refractivity contribution < 1.29 is 19.1 Å². The predicted molar refractivity (Wildman–Crippen MR) is 149 cm³/mol. The van der Waals surface area contributed by atoms with Crippen molar-refractivity contribution in [3.8, 4) is 6.07 Å². The molecular weight excluding hydrogens is 500 g/mol. The van der Waals surface area contributed by atoms with Gasteiger partial charge in [0.2, 0.25) is 5.91 Å². The topological polar surface area (TPSA) is 113 Å². The van der Waals surface area contributed by atoms with Crippen molar-refractivity contribution in [3.05, 3.63) is 87.9 Å². The average Bonchev–Trinajstić information content (AvgIpc) is 3.38. The molecule has 0 unspecified atom stereocenters. The van der Waals surface area contributed by atoms with Crippen molar-refractivity contribution in [2.75, 3.05) is 17.2 Å². The Morgan fingerprint density at radius 2 is 1.76 bits per heavy atom. The van der Waals surface area contributed by atoms with Crippen LogP contribution in [0.15, 0.2) is 66.4 Å². The molecule has 0 atom stereocenters. The zero-order valence-corrected chi connectivity index (χ0v) is 22.0. The molecule has 2 aromatic carbocycles. The third-order valence-electron chi connectivity index (χ3n) is 5.95. The van der Waals surface area contributed by atoms with E-state index in [1.54, 1.807) is 24.6 Å². The van der Waals surface area contributed by atoms with E-state index in [9.17, 15) is 19.6 Å². The molecule has 192 valence electrons. The van der Waals surface area contributed by atoms with E-state index in [0.29, 0.717) is 21.8 Å². The highest BCUT2D eigenvalue weighted by Gasteiger charge is 2.23. The van der Waals surface area contributed by atoms with Crippen molar-refractivity contribution in [2.45, 2.75) is 27.3 Å². The summed E-state index contributed by atoms with van der Waals surface area (Å²) in [5.41, 5.74) is 2.97. The van der Waals surface area contributed by atoms with Crippen molar-refractivity contribution in [2.24, 2.45) is 0 Å². The quantitative estimate of drug-likeness (QED) is 0.174. The molecule has 0 aliphatic carbocycles. The summed E-state index contributed by atoms with van der Waals surface area (Å²) in [7, 11) is 0. The minimum atomic E-state index is -0.641. The number of hydrogen-bond donors (Lipinski definition) is 2. The number of nitriles is 1. The third kappa shape index (κ3) is 5.66. The summed E-state index contributed by atoms with van der Waals surface area (Å²) in [5.74, 6) is -1.37. The van der Waals surface area contributed by atoms with E-state index in [-0.39, 0.29) is 24.6 Å². The number of thiophene rings is 1. The van der Waals surface area contributed by atoms with Crippen LogP contribution in [0.5, 0.6) is 0 Å². The maximum atomic E-state index is 13.1. The molecule has 0 aliphatic rings. The molecular formula is C29H26N4O4S. The predicted octanol–water partition coefficient (Wildman–Crippen LogP) is 5.68. The molecule has 4 aromatic rings. The van der Waals surface area contributed by atoms with Gasteiger partial charge in [-0.05, 0) is 50.6 Å². The van der Waals surface area contributed by atoms with Crippen LogP contribution in [-0.4, -0.2) is 29.0 Å².